The molecule has 0 bridgehead atoms. The van der Waals surface area contributed by atoms with E-state index in [1.54, 1.807) is 12.5 Å². The summed E-state index contributed by atoms with van der Waals surface area (Å²) in [6, 6.07) is 8.08. The predicted octanol–water partition coefficient (Wildman–Crippen LogP) is 1.76. The van der Waals surface area contributed by atoms with Crippen LogP contribution in [-0.4, -0.2) is 19.1 Å². The van der Waals surface area contributed by atoms with Crippen molar-refractivity contribution in [2.45, 2.75) is 0 Å². The molecule has 0 saturated heterocycles. The van der Waals surface area contributed by atoms with Crippen LogP contribution >= 0.6 is 0 Å². The first-order valence-electron chi connectivity index (χ1n) is 4.76. The number of aryl methyl sites for hydroxylation is 1. The molecule has 0 spiro atoms. The Hall–Kier alpha value is -2.10. The fraction of sp³-hybridized carbons (Fsp3) is 0.0909. The molecule has 0 fully saturated rings. The van der Waals surface area contributed by atoms with E-state index in [0.29, 0.717) is 0 Å². The van der Waals surface area contributed by atoms with Gasteiger partial charge in [0, 0.05) is 19.4 Å². The zero-order chi connectivity index (χ0) is 10.3. The number of nitrogens with zero attached hydrogens (tertiary/aromatic N) is 4. The first kappa shape index (κ1) is 8.23. The molecule has 2 heterocycles. The number of benzene rings is 1. The number of hydrogen-bond donors (Lipinski definition) is 0. The van der Waals surface area contributed by atoms with E-state index in [4.69, 9.17) is 0 Å². The number of hydrogen-bond acceptors (Lipinski definition) is 2. The summed E-state index contributed by atoms with van der Waals surface area (Å²) in [6.45, 7) is 0. The second kappa shape index (κ2) is 2.95. The molecule has 0 unspecified atom stereocenters. The van der Waals surface area contributed by atoms with Crippen molar-refractivity contribution in [2.75, 3.05) is 0 Å². The Bertz CT molecular complexity index is 592. The minimum atomic E-state index is 0.883. The summed E-state index contributed by atoms with van der Waals surface area (Å²) in [5.74, 6) is 0.883. The molecule has 3 rings (SSSR count). The van der Waals surface area contributed by atoms with Crippen LogP contribution in [0.3, 0.4) is 0 Å². The van der Waals surface area contributed by atoms with Crippen LogP contribution in [0.4, 0.5) is 0 Å². The molecule has 1 aromatic carbocycles. The fourth-order valence-corrected chi connectivity index (χ4v) is 1.74. The molecular weight excluding hydrogens is 188 g/mol. The zero-order valence-electron chi connectivity index (χ0n) is 8.33. The summed E-state index contributed by atoms with van der Waals surface area (Å²) in [5.41, 5.74) is 2.13. The normalized spacial score (nSPS) is 11.0. The minimum absolute atomic E-state index is 0.883. The van der Waals surface area contributed by atoms with Crippen LogP contribution in [0.1, 0.15) is 0 Å². The van der Waals surface area contributed by atoms with Crippen LogP contribution < -0.4 is 0 Å². The van der Waals surface area contributed by atoms with E-state index in [1.165, 1.54) is 0 Å². The molecule has 0 amide bonds. The highest BCUT2D eigenvalue weighted by molar-refractivity contribution is 5.77. The molecular formula is C11H10N4. The Morgan fingerprint density at radius 1 is 1.20 bits per heavy atom. The second-order valence-corrected chi connectivity index (χ2v) is 3.43. The largest absolute Gasteiger partial charge is 0.313 e. The summed E-state index contributed by atoms with van der Waals surface area (Å²) in [4.78, 5) is 8.56. The highest BCUT2D eigenvalue weighted by Crippen LogP contribution is 2.16. The van der Waals surface area contributed by atoms with Gasteiger partial charge in [0.2, 0.25) is 5.95 Å². The molecule has 4 heteroatoms. The van der Waals surface area contributed by atoms with E-state index in [2.05, 4.69) is 20.6 Å². The van der Waals surface area contributed by atoms with Gasteiger partial charge in [-0.3, -0.25) is 4.57 Å². The minimum Gasteiger partial charge on any atom is -0.313 e. The van der Waals surface area contributed by atoms with Gasteiger partial charge < -0.3 is 4.57 Å². The van der Waals surface area contributed by atoms with Crippen LogP contribution in [0, 0.1) is 0 Å². The third kappa shape index (κ3) is 1.15. The number of aromatic nitrogens is 4. The van der Waals surface area contributed by atoms with E-state index in [0.717, 1.165) is 17.0 Å². The van der Waals surface area contributed by atoms with Gasteiger partial charge in [0.25, 0.3) is 0 Å². The van der Waals surface area contributed by atoms with E-state index >= 15 is 0 Å². The maximum Gasteiger partial charge on any atom is 0.215 e. The van der Waals surface area contributed by atoms with Gasteiger partial charge in [-0.05, 0) is 12.1 Å². The van der Waals surface area contributed by atoms with Gasteiger partial charge in [-0.25, -0.2) is 9.97 Å². The SMILES string of the molecule is Cn1c(-n2ccnc2)nc2ccccc21. The van der Waals surface area contributed by atoms with Crippen LogP contribution in [0.2, 0.25) is 0 Å². The summed E-state index contributed by atoms with van der Waals surface area (Å²) in [5, 5.41) is 0. The number of para-hydroxylation sites is 2. The summed E-state index contributed by atoms with van der Waals surface area (Å²) < 4.78 is 3.96. The van der Waals surface area contributed by atoms with Crippen LogP contribution in [0.25, 0.3) is 17.0 Å². The summed E-state index contributed by atoms with van der Waals surface area (Å²) in [6.07, 6.45) is 5.39. The smallest absolute Gasteiger partial charge is 0.215 e. The highest BCUT2D eigenvalue weighted by Gasteiger charge is 2.07. The van der Waals surface area contributed by atoms with Crippen molar-refractivity contribution in [3.8, 4) is 5.95 Å². The molecule has 0 atom stereocenters. The van der Waals surface area contributed by atoms with Crippen molar-refractivity contribution < 1.29 is 0 Å². The lowest BCUT2D eigenvalue weighted by Crippen LogP contribution is -2.00. The van der Waals surface area contributed by atoms with Crippen molar-refractivity contribution in [1.82, 2.24) is 19.1 Å². The van der Waals surface area contributed by atoms with Crippen molar-refractivity contribution in [1.29, 1.82) is 0 Å². The average Bonchev–Trinajstić information content (AvgIpc) is 2.87. The molecule has 3 aromatic rings. The van der Waals surface area contributed by atoms with Crippen LogP contribution in [0.15, 0.2) is 43.0 Å². The van der Waals surface area contributed by atoms with E-state index < -0.39 is 0 Å². The van der Waals surface area contributed by atoms with Gasteiger partial charge in [0.15, 0.2) is 0 Å². The first-order valence-corrected chi connectivity index (χ1v) is 4.76. The Morgan fingerprint density at radius 2 is 2.07 bits per heavy atom. The molecule has 0 aliphatic carbocycles. The third-order valence-corrected chi connectivity index (χ3v) is 2.50. The van der Waals surface area contributed by atoms with Gasteiger partial charge in [-0.2, -0.15) is 0 Å². The number of rotatable bonds is 1. The molecule has 0 N–H and O–H groups in total. The Kier molecular flexibility index (Phi) is 1.62. The van der Waals surface area contributed by atoms with Crippen molar-refractivity contribution in [3.05, 3.63) is 43.0 Å². The molecule has 74 valence electrons. The maximum absolute atomic E-state index is 4.54. The monoisotopic (exact) mass is 198 g/mol. The van der Waals surface area contributed by atoms with Gasteiger partial charge in [-0.1, -0.05) is 12.1 Å². The maximum atomic E-state index is 4.54. The average molecular weight is 198 g/mol. The third-order valence-electron chi connectivity index (χ3n) is 2.50. The quantitative estimate of drug-likeness (QED) is 0.597. The molecule has 15 heavy (non-hydrogen) atoms. The lowest BCUT2D eigenvalue weighted by atomic mass is 10.3. The van der Waals surface area contributed by atoms with E-state index in [9.17, 15) is 0 Å². The molecule has 0 aliphatic rings. The summed E-state index contributed by atoms with van der Waals surface area (Å²) >= 11 is 0. The van der Waals surface area contributed by atoms with Gasteiger partial charge in [-0.15, -0.1) is 0 Å². The Morgan fingerprint density at radius 3 is 2.80 bits per heavy atom. The standard InChI is InChI=1S/C11H10N4/c1-14-10-5-3-2-4-9(10)13-11(14)15-7-6-12-8-15/h2-8H,1H3. The van der Waals surface area contributed by atoms with E-state index in [1.807, 2.05) is 36.0 Å². The fourth-order valence-electron chi connectivity index (χ4n) is 1.74. The Balaban J connectivity index is 2.33. The molecule has 0 aliphatic heterocycles. The molecule has 0 radical (unpaired) electrons. The van der Waals surface area contributed by atoms with Crippen molar-refractivity contribution >= 4 is 11.0 Å². The number of fused-ring (bicyclic) bond motifs is 1. The number of imidazole rings is 2. The van der Waals surface area contributed by atoms with E-state index in [-0.39, 0.29) is 0 Å². The highest BCUT2D eigenvalue weighted by atomic mass is 15.2. The second-order valence-electron chi connectivity index (χ2n) is 3.43. The lowest BCUT2D eigenvalue weighted by Gasteiger charge is -2.00. The topological polar surface area (TPSA) is 35.6 Å². The van der Waals surface area contributed by atoms with Gasteiger partial charge in [0.1, 0.15) is 6.33 Å². The van der Waals surface area contributed by atoms with Gasteiger partial charge in [0.05, 0.1) is 11.0 Å². The predicted molar refractivity (Wildman–Crippen MR) is 57.8 cm³/mol. The summed E-state index contributed by atoms with van der Waals surface area (Å²) in [7, 11) is 2.00. The first-order chi connectivity index (χ1) is 7.36. The van der Waals surface area contributed by atoms with Gasteiger partial charge >= 0.3 is 0 Å². The van der Waals surface area contributed by atoms with Crippen molar-refractivity contribution in [2.24, 2.45) is 7.05 Å². The molecule has 0 saturated carbocycles. The Labute approximate surface area is 86.8 Å². The molecule has 4 nitrogen and oxygen atoms in total. The van der Waals surface area contributed by atoms with Crippen LogP contribution in [-0.2, 0) is 7.05 Å². The zero-order valence-corrected chi connectivity index (χ0v) is 8.33. The molecule has 2 aromatic heterocycles. The van der Waals surface area contributed by atoms with Crippen molar-refractivity contribution in [3.63, 3.8) is 0 Å². The van der Waals surface area contributed by atoms with Crippen LogP contribution in [0.5, 0.6) is 0 Å². The lowest BCUT2D eigenvalue weighted by molar-refractivity contribution is 0.836.